The van der Waals surface area contributed by atoms with Gasteiger partial charge in [-0.05, 0) is 37.7 Å². The molecule has 184 valence electrons. The molecule has 2 atom stereocenters. The first-order valence-corrected chi connectivity index (χ1v) is 11.6. The zero-order chi connectivity index (χ0) is 24.6. The van der Waals surface area contributed by atoms with Gasteiger partial charge >= 0.3 is 0 Å². The number of primary amides is 1. The minimum atomic E-state index is -0.757. The lowest BCUT2D eigenvalue weighted by atomic mass is 10.0. The lowest BCUT2D eigenvalue weighted by Crippen LogP contribution is -2.54. The number of morpholine rings is 1. The molecule has 1 heterocycles. The molecule has 1 fully saturated rings. The van der Waals surface area contributed by atoms with Gasteiger partial charge in [0.25, 0.3) is 0 Å². The fourth-order valence-electron chi connectivity index (χ4n) is 3.42. The standard InChI is InChI=1S/C22H34N4O4.C3H6/c1-16(2)14-19(21(23)28)25-22(29)18(9-8-17-6-4-3-5-7-17)24-20(27)15-26-10-12-30-13-11-26;1-3-2/h3-7,16,18-19H,8-15H2,1-2H3,(H2,23,28)(H,24,27)(H,25,29);3H,1H2,2H3/t18-,19-;/m0./s1. The van der Waals surface area contributed by atoms with Crippen molar-refractivity contribution in [2.75, 3.05) is 32.8 Å². The maximum atomic E-state index is 12.9. The molecule has 0 spiro atoms. The second-order valence-electron chi connectivity index (χ2n) is 8.53. The molecule has 8 heteroatoms. The van der Waals surface area contributed by atoms with Gasteiger partial charge in [-0.1, -0.05) is 50.3 Å². The number of nitrogens with two attached hydrogens (primary N) is 1. The monoisotopic (exact) mass is 460 g/mol. The molecule has 1 aliphatic rings. The van der Waals surface area contributed by atoms with Crippen molar-refractivity contribution in [1.82, 2.24) is 15.5 Å². The highest BCUT2D eigenvalue weighted by atomic mass is 16.5. The number of hydrogen-bond acceptors (Lipinski definition) is 5. The predicted octanol–water partition coefficient (Wildman–Crippen LogP) is 1.64. The molecule has 3 amide bonds. The van der Waals surface area contributed by atoms with Gasteiger partial charge in [-0.3, -0.25) is 19.3 Å². The Balaban J connectivity index is 0.00000172. The van der Waals surface area contributed by atoms with E-state index in [4.69, 9.17) is 10.5 Å². The van der Waals surface area contributed by atoms with E-state index in [9.17, 15) is 14.4 Å². The number of ether oxygens (including phenoxy) is 1. The van der Waals surface area contributed by atoms with Crippen molar-refractivity contribution in [1.29, 1.82) is 0 Å². The van der Waals surface area contributed by atoms with Crippen molar-refractivity contribution in [2.24, 2.45) is 11.7 Å². The van der Waals surface area contributed by atoms with Crippen LogP contribution in [-0.2, 0) is 25.5 Å². The molecule has 1 aromatic rings. The van der Waals surface area contributed by atoms with Crippen LogP contribution in [0.2, 0.25) is 0 Å². The number of allylic oxidation sites excluding steroid dienone is 1. The number of aryl methyl sites for hydroxylation is 1. The fourth-order valence-corrected chi connectivity index (χ4v) is 3.42. The number of amides is 3. The van der Waals surface area contributed by atoms with E-state index in [1.54, 1.807) is 6.08 Å². The number of carbonyl (C=O) groups is 3. The summed E-state index contributed by atoms with van der Waals surface area (Å²) in [6.07, 6.45) is 3.26. The zero-order valence-electron chi connectivity index (χ0n) is 20.2. The first-order chi connectivity index (χ1) is 15.8. The lowest BCUT2D eigenvalue weighted by molar-refractivity contribution is -0.132. The van der Waals surface area contributed by atoms with E-state index in [1.807, 2.05) is 56.0 Å². The quantitative estimate of drug-likeness (QED) is 0.435. The third kappa shape index (κ3) is 12.2. The van der Waals surface area contributed by atoms with Gasteiger partial charge in [-0.25, -0.2) is 0 Å². The Kier molecular flexibility index (Phi) is 13.7. The SMILES string of the molecule is C=CC.CC(C)C[C@H](NC(=O)[C@H](CCc1ccccc1)NC(=O)CN1CCOCC1)C(N)=O. The van der Waals surface area contributed by atoms with Crippen molar-refractivity contribution in [3.8, 4) is 0 Å². The normalized spacial score (nSPS) is 15.5. The molecule has 0 saturated carbocycles. The van der Waals surface area contributed by atoms with Crippen LogP contribution in [0.15, 0.2) is 43.0 Å². The maximum absolute atomic E-state index is 12.9. The van der Waals surface area contributed by atoms with Crippen LogP contribution in [0.5, 0.6) is 0 Å². The second-order valence-corrected chi connectivity index (χ2v) is 8.53. The van der Waals surface area contributed by atoms with Gasteiger partial charge < -0.3 is 21.1 Å². The van der Waals surface area contributed by atoms with Gasteiger partial charge in [0.15, 0.2) is 0 Å². The van der Waals surface area contributed by atoms with Gasteiger partial charge in [-0.2, -0.15) is 0 Å². The summed E-state index contributed by atoms with van der Waals surface area (Å²) in [4.78, 5) is 39.2. The summed E-state index contributed by atoms with van der Waals surface area (Å²) in [5, 5.41) is 5.58. The molecule has 4 N–H and O–H groups in total. The highest BCUT2D eigenvalue weighted by molar-refractivity contribution is 5.91. The van der Waals surface area contributed by atoms with Gasteiger partial charge in [0.1, 0.15) is 12.1 Å². The van der Waals surface area contributed by atoms with Crippen molar-refractivity contribution in [2.45, 2.75) is 52.1 Å². The van der Waals surface area contributed by atoms with Crippen LogP contribution in [-0.4, -0.2) is 67.6 Å². The molecular formula is C25H40N4O4. The highest BCUT2D eigenvalue weighted by Gasteiger charge is 2.26. The van der Waals surface area contributed by atoms with Crippen molar-refractivity contribution in [3.05, 3.63) is 48.6 Å². The predicted molar refractivity (Wildman–Crippen MR) is 130 cm³/mol. The van der Waals surface area contributed by atoms with E-state index in [1.165, 1.54) is 0 Å². The van der Waals surface area contributed by atoms with Gasteiger partial charge in [-0.15, -0.1) is 6.58 Å². The fraction of sp³-hybridized carbons (Fsp3) is 0.560. The number of benzene rings is 1. The van der Waals surface area contributed by atoms with E-state index in [2.05, 4.69) is 17.2 Å². The average Bonchev–Trinajstić information content (AvgIpc) is 2.77. The Morgan fingerprint density at radius 2 is 1.73 bits per heavy atom. The van der Waals surface area contributed by atoms with Crippen LogP contribution in [0.3, 0.4) is 0 Å². The van der Waals surface area contributed by atoms with Gasteiger partial charge in [0, 0.05) is 13.1 Å². The first-order valence-electron chi connectivity index (χ1n) is 11.6. The summed E-state index contributed by atoms with van der Waals surface area (Å²) in [6, 6.07) is 8.27. The summed E-state index contributed by atoms with van der Waals surface area (Å²) >= 11 is 0. The largest absolute Gasteiger partial charge is 0.379 e. The zero-order valence-corrected chi connectivity index (χ0v) is 20.2. The molecule has 2 rings (SSSR count). The average molecular weight is 461 g/mol. The molecule has 1 aromatic carbocycles. The summed E-state index contributed by atoms with van der Waals surface area (Å²) in [5.74, 6) is -0.977. The Labute approximate surface area is 197 Å². The summed E-state index contributed by atoms with van der Waals surface area (Å²) in [5.41, 5.74) is 6.54. The number of nitrogens with one attached hydrogen (secondary N) is 2. The number of nitrogens with zero attached hydrogens (tertiary/aromatic N) is 1. The van der Waals surface area contributed by atoms with E-state index in [0.717, 1.165) is 5.56 Å². The number of carbonyl (C=O) groups excluding carboxylic acids is 3. The molecule has 0 aliphatic carbocycles. The van der Waals surface area contributed by atoms with E-state index < -0.39 is 18.0 Å². The Morgan fingerprint density at radius 3 is 2.27 bits per heavy atom. The van der Waals surface area contributed by atoms with E-state index in [-0.39, 0.29) is 24.3 Å². The molecule has 0 unspecified atom stereocenters. The molecule has 8 nitrogen and oxygen atoms in total. The minimum Gasteiger partial charge on any atom is -0.379 e. The topological polar surface area (TPSA) is 114 Å². The van der Waals surface area contributed by atoms with Gasteiger partial charge in [0.05, 0.1) is 19.8 Å². The minimum absolute atomic E-state index is 0.196. The molecule has 1 aliphatic heterocycles. The molecule has 0 aromatic heterocycles. The highest BCUT2D eigenvalue weighted by Crippen LogP contribution is 2.08. The van der Waals surface area contributed by atoms with Crippen LogP contribution < -0.4 is 16.4 Å². The maximum Gasteiger partial charge on any atom is 0.243 e. The van der Waals surface area contributed by atoms with Crippen LogP contribution in [0.1, 0.15) is 39.2 Å². The summed E-state index contributed by atoms with van der Waals surface area (Å²) in [7, 11) is 0. The van der Waals surface area contributed by atoms with Gasteiger partial charge in [0.2, 0.25) is 17.7 Å². The van der Waals surface area contributed by atoms with Crippen LogP contribution in [0, 0.1) is 5.92 Å². The molecule has 33 heavy (non-hydrogen) atoms. The van der Waals surface area contributed by atoms with Crippen molar-refractivity contribution >= 4 is 17.7 Å². The summed E-state index contributed by atoms with van der Waals surface area (Å²) < 4.78 is 5.30. The van der Waals surface area contributed by atoms with Crippen LogP contribution in [0.25, 0.3) is 0 Å². The molecule has 0 bridgehead atoms. The number of rotatable bonds is 11. The Bertz CT molecular complexity index is 733. The molecule has 0 radical (unpaired) electrons. The van der Waals surface area contributed by atoms with Crippen LogP contribution in [0.4, 0.5) is 0 Å². The Hall–Kier alpha value is -2.71. The molecule has 1 saturated heterocycles. The third-order valence-corrected chi connectivity index (χ3v) is 5.05. The first kappa shape index (κ1) is 28.3. The van der Waals surface area contributed by atoms with E-state index >= 15 is 0 Å². The van der Waals surface area contributed by atoms with E-state index in [0.29, 0.717) is 45.6 Å². The van der Waals surface area contributed by atoms with Crippen molar-refractivity contribution < 1.29 is 19.1 Å². The van der Waals surface area contributed by atoms with Crippen LogP contribution >= 0.6 is 0 Å². The third-order valence-electron chi connectivity index (χ3n) is 5.05. The second kappa shape index (κ2) is 16.0. The lowest BCUT2D eigenvalue weighted by Gasteiger charge is -2.27. The smallest absolute Gasteiger partial charge is 0.243 e. The van der Waals surface area contributed by atoms with Crippen molar-refractivity contribution in [3.63, 3.8) is 0 Å². The Morgan fingerprint density at radius 1 is 1.12 bits per heavy atom. The summed E-state index contributed by atoms with van der Waals surface area (Å²) in [6.45, 7) is 11.9. The number of hydrogen-bond donors (Lipinski definition) is 3. The molecular weight excluding hydrogens is 420 g/mol.